The fourth-order valence-electron chi connectivity index (χ4n) is 2.45. The van der Waals surface area contributed by atoms with E-state index in [9.17, 15) is 13.2 Å². The predicted molar refractivity (Wildman–Crippen MR) is 99.7 cm³/mol. The molecule has 1 aromatic heterocycles. The number of carbonyl (C=O) groups is 1. The first-order valence-electron chi connectivity index (χ1n) is 8.54. The van der Waals surface area contributed by atoms with Crippen molar-refractivity contribution in [3.63, 3.8) is 0 Å². The maximum atomic E-state index is 12.7. The Morgan fingerprint density at radius 3 is 2.74 bits per heavy atom. The van der Waals surface area contributed by atoms with Gasteiger partial charge in [-0.2, -0.15) is 0 Å². The average Bonchev–Trinajstić information content (AvgIpc) is 3.45. The first-order valence-corrected chi connectivity index (χ1v) is 10.0. The van der Waals surface area contributed by atoms with Crippen molar-refractivity contribution < 1.29 is 22.7 Å². The highest BCUT2D eigenvalue weighted by atomic mass is 32.2. The van der Waals surface area contributed by atoms with E-state index in [1.165, 1.54) is 31.5 Å². The Hall–Kier alpha value is -2.65. The molecule has 1 amide bonds. The van der Waals surface area contributed by atoms with Gasteiger partial charge in [-0.05, 0) is 50.1 Å². The quantitative estimate of drug-likeness (QED) is 0.714. The van der Waals surface area contributed by atoms with E-state index in [1.807, 2.05) is 0 Å². The number of anilines is 1. The van der Waals surface area contributed by atoms with Gasteiger partial charge in [-0.15, -0.1) is 0 Å². The number of benzene rings is 1. The SMILES string of the molecule is CCOc1ncccc1C(=O)Nc1cc(S(=O)(=O)NC2CC2)ccc1OC. The number of hydrogen-bond acceptors (Lipinski definition) is 6. The van der Waals surface area contributed by atoms with Crippen LogP contribution in [0.15, 0.2) is 41.4 Å². The first kappa shape index (κ1) is 19.1. The Labute approximate surface area is 158 Å². The van der Waals surface area contributed by atoms with Crippen LogP contribution < -0.4 is 19.5 Å². The predicted octanol–water partition coefficient (Wildman–Crippen LogP) is 2.18. The Bertz CT molecular complexity index is 942. The number of hydrogen-bond donors (Lipinski definition) is 2. The van der Waals surface area contributed by atoms with Crippen molar-refractivity contribution in [2.45, 2.75) is 30.7 Å². The summed E-state index contributed by atoms with van der Waals surface area (Å²) in [4.78, 5) is 16.8. The van der Waals surface area contributed by atoms with Gasteiger partial charge in [0.2, 0.25) is 15.9 Å². The van der Waals surface area contributed by atoms with Gasteiger partial charge in [-0.1, -0.05) is 0 Å². The van der Waals surface area contributed by atoms with Gasteiger partial charge in [-0.3, -0.25) is 4.79 Å². The third-order valence-electron chi connectivity index (χ3n) is 3.93. The van der Waals surface area contributed by atoms with Crippen LogP contribution >= 0.6 is 0 Å². The molecular weight excluding hydrogens is 370 g/mol. The molecule has 27 heavy (non-hydrogen) atoms. The fourth-order valence-corrected chi connectivity index (χ4v) is 3.78. The highest BCUT2D eigenvalue weighted by Crippen LogP contribution is 2.30. The number of pyridine rings is 1. The van der Waals surface area contributed by atoms with Crippen LogP contribution in [-0.2, 0) is 10.0 Å². The van der Waals surface area contributed by atoms with Gasteiger partial charge in [-0.25, -0.2) is 18.1 Å². The smallest absolute Gasteiger partial charge is 0.261 e. The molecule has 1 aliphatic carbocycles. The van der Waals surface area contributed by atoms with Crippen molar-refractivity contribution in [1.82, 2.24) is 9.71 Å². The molecular formula is C18H21N3O5S. The van der Waals surface area contributed by atoms with Gasteiger partial charge >= 0.3 is 0 Å². The highest BCUT2D eigenvalue weighted by Gasteiger charge is 2.28. The molecule has 1 fully saturated rings. The summed E-state index contributed by atoms with van der Waals surface area (Å²) in [6.45, 7) is 2.15. The summed E-state index contributed by atoms with van der Waals surface area (Å²) >= 11 is 0. The molecule has 1 aliphatic rings. The molecule has 0 unspecified atom stereocenters. The number of ether oxygens (including phenoxy) is 2. The molecule has 0 atom stereocenters. The van der Waals surface area contributed by atoms with Crippen LogP contribution in [0.2, 0.25) is 0 Å². The molecule has 1 saturated carbocycles. The summed E-state index contributed by atoms with van der Waals surface area (Å²) in [5.41, 5.74) is 0.484. The minimum absolute atomic E-state index is 0.0145. The molecule has 0 spiro atoms. The largest absolute Gasteiger partial charge is 0.495 e. The molecule has 3 rings (SSSR count). The van der Waals surface area contributed by atoms with E-state index in [1.54, 1.807) is 19.1 Å². The molecule has 8 nitrogen and oxygen atoms in total. The Kier molecular flexibility index (Phi) is 5.62. The molecule has 1 aromatic carbocycles. The van der Waals surface area contributed by atoms with Crippen LogP contribution in [0.1, 0.15) is 30.1 Å². The van der Waals surface area contributed by atoms with E-state index in [4.69, 9.17) is 9.47 Å². The molecule has 2 N–H and O–H groups in total. The van der Waals surface area contributed by atoms with Crippen LogP contribution in [-0.4, -0.2) is 39.1 Å². The average molecular weight is 391 g/mol. The lowest BCUT2D eigenvalue weighted by Crippen LogP contribution is -2.26. The number of rotatable bonds is 8. The maximum Gasteiger partial charge on any atom is 0.261 e. The van der Waals surface area contributed by atoms with Gasteiger partial charge in [0.25, 0.3) is 5.91 Å². The normalized spacial score (nSPS) is 13.9. The van der Waals surface area contributed by atoms with Crippen LogP contribution in [0.25, 0.3) is 0 Å². The molecule has 0 radical (unpaired) electrons. The van der Waals surface area contributed by atoms with Crippen molar-refractivity contribution >= 4 is 21.6 Å². The Morgan fingerprint density at radius 1 is 1.30 bits per heavy atom. The van der Waals surface area contributed by atoms with Gasteiger partial charge in [0.05, 0.1) is 24.3 Å². The number of amides is 1. The van der Waals surface area contributed by atoms with Crippen LogP contribution in [0, 0.1) is 0 Å². The van der Waals surface area contributed by atoms with E-state index in [-0.39, 0.29) is 28.1 Å². The van der Waals surface area contributed by atoms with Gasteiger partial charge in [0.15, 0.2) is 0 Å². The topological polar surface area (TPSA) is 107 Å². The first-order chi connectivity index (χ1) is 12.9. The Morgan fingerprint density at radius 2 is 2.07 bits per heavy atom. The Balaban J connectivity index is 1.89. The van der Waals surface area contributed by atoms with Gasteiger partial charge in [0.1, 0.15) is 11.3 Å². The zero-order valence-electron chi connectivity index (χ0n) is 15.1. The van der Waals surface area contributed by atoms with Gasteiger partial charge in [0, 0.05) is 12.2 Å². The highest BCUT2D eigenvalue weighted by molar-refractivity contribution is 7.89. The van der Waals surface area contributed by atoms with Gasteiger partial charge < -0.3 is 14.8 Å². The molecule has 0 saturated heterocycles. The zero-order chi connectivity index (χ0) is 19.4. The number of nitrogens with one attached hydrogen (secondary N) is 2. The van der Waals surface area contributed by atoms with Crippen molar-refractivity contribution in [3.05, 3.63) is 42.1 Å². The monoisotopic (exact) mass is 391 g/mol. The lowest BCUT2D eigenvalue weighted by molar-refractivity contribution is 0.102. The van der Waals surface area contributed by atoms with Crippen molar-refractivity contribution in [3.8, 4) is 11.6 Å². The zero-order valence-corrected chi connectivity index (χ0v) is 15.9. The summed E-state index contributed by atoms with van der Waals surface area (Å²) in [7, 11) is -2.21. The second-order valence-electron chi connectivity index (χ2n) is 6.00. The van der Waals surface area contributed by atoms with E-state index >= 15 is 0 Å². The van der Waals surface area contributed by atoms with Crippen molar-refractivity contribution in [1.29, 1.82) is 0 Å². The summed E-state index contributed by atoms with van der Waals surface area (Å²) in [6, 6.07) is 7.50. The molecule has 0 aliphatic heterocycles. The second kappa shape index (κ2) is 7.93. The van der Waals surface area contributed by atoms with Crippen LogP contribution in [0.4, 0.5) is 5.69 Å². The van der Waals surface area contributed by atoms with E-state index in [0.717, 1.165) is 12.8 Å². The minimum Gasteiger partial charge on any atom is -0.495 e. The number of carbonyl (C=O) groups excluding carboxylic acids is 1. The van der Waals surface area contributed by atoms with E-state index < -0.39 is 15.9 Å². The summed E-state index contributed by atoms with van der Waals surface area (Å²) in [6.07, 6.45) is 3.19. The summed E-state index contributed by atoms with van der Waals surface area (Å²) in [5, 5.41) is 2.68. The number of methoxy groups -OCH3 is 1. The molecule has 2 aromatic rings. The van der Waals surface area contributed by atoms with Crippen LogP contribution in [0.5, 0.6) is 11.6 Å². The summed E-state index contributed by atoms with van der Waals surface area (Å²) in [5.74, 6) is 0.0702. The third kappa shape index (κ3) is 4.55. The minimum atomic E-state index is -3.66. The number of aromatic nitrogens is 1. The number of sulfonamides is 1. The molecule has 9 heteroatoms. The molecule has 1 heterocycles. The summed E-state index contributed by atoms with van der Waals surface area (Å²) < 4.78 is 38.1. The third-order valence-corrected chi connectivity index (χ3v) is 5.44. The van der Waals surface area contributed by atoms with Crippen LogP contribution in [0.3, 0.4) is 0 Å². The molecule has 144 valence electrons. The lowest BCUT2D eigenvalue weighted by atomic mass is 10.2. The maximum absolute atomic E-state index is 12.7. The molecule has 0 bridgehead atoms. The van der Waals surface area contributed by atoms with E-state index in [0.29, 0.717) is 12.4 Å². The second-order valence-corrected chi connectivity index (χ2v) is 7.71. The standard InChI is InChI=1S/C18H21N3O5S/c1-3-26-18-14(5-4-10-19-18)17(22)20-15-11-13(8-9-16(15)25-2)27(23,24)21-12-6-7-12/h4-5,8-12,21H,3,6-7H2,1-2H3,(H,20,22). The van der Waals surface area contributed by atoms with E-state index in [2.05, 4.69) is 15.0 Å². The fraction of sp³-hybridized carbons (Fsp3) is 0.333. The van der Waals surface area contributed by atoms with Crippen molar-refractivity contribution in [2.75, 3.05) is 19.0 Å². The lowest BCUT2D eigenvalue weighted by Gasteiger charge is -2.14. The van der Waals surface area contributed by atoms with Crippen molar-refractivity contribution in [2.24, 2.45) is 0 Å². The number of nitrogens with zero attached hydrogens (tertiary/aromatic N) is 1.